The van der Waals surface area contributed by atoms with Crippen molar-refractivity contribution < 1.29 is 4.92 Å². The van der Waals surface area contributed by atoms with Crippen LogP contribution in [-0.2, 0) is 0 Å². The maximum atomic E-state index is 10.7. The van der Waals surface area contributed by atoms with Crippen molar-refractivity contribution in [3.8, 4) is 0 Å². The molecule has 0 atom stereocenters. The Labute approximate surface area is 88.6 Å². The predicted octanol–water partition coefficient (Wildman–Crippen LogP) is 2.27. The fourth-order valence-electron chi connectivity index (χ4n) is 1.26. The Morgan fingerprint density at radius 2 is 2.27 bits per heavy atom. The second-order valence-corrected chi connectivity index (χ2v) is 3.50. The number of nitro groups is 1. The molecular weight excluding hydrogens is 192 g/mol. The van der Waals surface area contributed by atoms with E-state index in [1.165, 1.54) is 0 Å². The van der Waals surface area contributed by atoms with Crippen LogP contribution >= 0.6 is 0 Å². The molecule has 1 aromatic rings. The van der Waals surface area contributed by atoms with Crippen LogP contribution < -0.4 is 5.73 Å². The van der Waals surface area contributed by atoms with Gasteiger partial charge < -0.3 is 5.73 Å². The van der Waals surface area contributed by atoms with Gasteiger partial charge in [0, 0.05) is 18.2 Å². The fourth-order valence-corrected chi connectivity index (χ4v) is 1.26. The number of aryl methyl sites for hydroxylation is 1. The van der Waals surface area contributed by atoms with Crippen LogP contribution in [0.1, 0.15) is 18.1 Å². The molecule has 0 radical (unpaired) electrons. The number of nitro benzene ring substituents is 1. The van der Waals surface area contributed by atoms with Gasteiger partial charge in [0.05, 0.1) is 4.92 Å². The van der Waals surface area contributed by atoms with E-state index < -0.39 is 0 Å². The fraction of sp³-hybridized carbons (Fsp3) is 0.273. The van der Waals surface area contributed by atoms with Crippen molar-refractivity contribution in [3.05, 3.63) is 45.0 Å². The third-order valence-electron chi connectivity index (χ3n) is 2.16. The smallest absolute Gasteiger partial charge is 0.272 e. The summed E-state index contributed by atoms with van der Waals surface area (Å²) in [5.74, 6) is 0. The lowest BCUT2D eigenvalue weighted by Crippen LogP contribution is -1.99. The highest BCUT2D eigenvalue weighted by Crippen LogP contribution is 2.20. The van der Waals surface area contributed by atoms with E-state index in [1.807, 2.05) is 19.1 Å². The van der Waals surface area contributed by atoms with E-state index >= 15 is 0 Å². The van der Waals surface area contributed by atoms with E-state index in [9.17, 15) is 10.1 Å². The molecule has 0 spiro atoms. The predicted molar refractivity (Wildman–Crippen MR) is 60.5 cm³/mol. The van der Waals surface area contributed by atoms with Crippen molar-refractivity contribution in [1.82, 2.24) is 0 Å². The van der Waals surface area contributed by atoms with Gasteiger partial charge >= 0.3 is 0 Å². The number of benzene rings is 1. The van der Waals surface area contributed by atoms with Gasteiger partial charge in [0.2, 0.25) is 0 Å². The second kappa shape index (κ2) is 4.70. The lowest BCUT2D eigenvalue weighted by atomic mass is 10.1. The summed E-state index contributed by atoms with van der Waals surface area (Å²) in [6.07, 6.45) is 1.85. The molecule has 4 heteroatoms. The molecule has 15 heavy (non-hydrogen) atoms. The van der Waals surface area contributed by atoms with Gasteiger partial charge in [-0.25, -0.2) is 0 Å². The Morgan fingerprint density at radius 1 is 1.60 bits per heavy atom. The maximum Gasteiger partial charge on any atom is 0.272 e. The monoisotopic (exact) mass is 206 g/mol. The summed E-state index contributed by atoms with van der Waals surface area (Å²) >= 11 is 0. The van der Waals surface area contributed by atoms with Crippen molar-refractivity contribution in [2.24, 2.45) is 5.73 Å². The van der Waals surface area contributed by atoms with E-state index in [2.05, 4.69) is 0 Å². The van der Waals surface area contributed by atoms with Gasteiger partial charge in [-0.3, -0.25) is 10.1 Å². The van der Waals surface area contributed by atoms with Gasteiger partial charge in [0.1, 0.15) is 0 Å². The first-order valence-corrected chi connectivity index (χ1v) is 4.67. The van der Waals surface area contributed by atoms with E-state index in [1.54, 1.807) is 19.1 Å². The highest BCUT2D eigenvalue weighted by Gasteiger charge is 2.09. The molecule has 4 nitrogen and oxygen atoms in total. The standard InChI is InChI=1S/C11H14N2O2/c1-8(7-12)5-10-4-3-9(2)11(6-10)13(14)15/h3-6H,7,12H2,1-2H3. The normalized spacial score (nSPS) is 11.5. The third-order valence-corrected chi connectivity index (χ3v) is 2.16. The summed E-state index contributed by atoms with van der Waals surface area (Å²) in [6.45, 7) is 4.08. The Bertz CT molecular complexity index is 411. The zero-order valence-corrected chi connectivity index (χ0v) is 8.86. The third kappa shape index (κ3) is 2.89. The van der Waals surface area contributed by atoms with E-state index in [-0.39, 0.29) is 10.6 Å². The van der Waals surface area contributed by atoms with Crippen LogP contribution in [0, 0.1) is 17.0 Å². The average molecular weight is 206 g/mol. The highest BCUT2D eigenvalue weighted by molar-refractivity contribution is 5.58. The lowest BCUT2D eigenvalue weighted by Gasteiger charge is -2.00. The highest BCUT2D eigenvalue weighted by atomic mass is 16.6. The Hall–Kier alpha value is -1.68. The largest absolute Gasteiger partial charge is 0.327 e. The van der Waals surface area contributed by atoms with E-state index in [0.717, 1.165) is 11.1 Å². The van der Waals surface area contributed by atoms with Crippen molar-refractivity contribution in [3.63, 3.8) is 0 Å². The first-order chi connectivity index (χ1) is 7.04. The molecule has 0 amide bonds. The van der Waals surface area contributed by atoms with Gasteiger partial charge in [-0.1, -0.05) is 23.8 Å². The SMILES string of the molecule is CC(=Cc1ccc(C)c([N+](=O)[O-])c1)CN. The quantitative estimate of drug-likeness (QED) is 0.609. The molecule has 0 bridgehead atoms. The summed E-state index contributed by atoms with van der Waals surface area (Å²) in [7, 11) is 0. The number of nitrogens with zero attached hydrogens (tertiary/aromatic N) is 1. The van der Waals surface area contributed by atoms with Crippen molar-refractivity contribution >= 4 is 11.8 Å². The Morgan fingerprint density at radius 3 is 2.80 bits per heavy atom. The Kier molecular flexibility index (Phi) is 3.57. The van der Waals surface area contributed by atoms with Gasteiger partial charge in [-0.2, -0.15) is 0 Å². The van der Waals surface area contributed by atoms with Crippen LogP contribution in [0.5, 0.6) is 0 Å². The molecular formula is C11H14N2O2. The molecule has 1 rings (SSSR count). The molecule has 0 aromatic heterocycles. The molecule has 2 N–H and O–H groups in total. The molecule has 0 saturated heterocycles. The van der Waals surface area contributed by atoms with Crippen LogP contribution in [0.3, 0.4) is 0 Å². The summed E-state index contributed by atoms with van der Waals surface area (Å²) in [5.41, 5.74) is 8.07. The van der Waals surface area contributed by atoms with Crippen molar-refractivity contribution in [1.29, 1.82) is 0 Å². The first-order valence-electron chi connectivity index (χ1n) is 4.67. The minimum Gasteiger partial charge on any atom is -0.327 e. The number of hydrogen-bond donors (Lipinski definition) is 1. The van der Waals surface area contributed by atoms with Crippen molar-refractivity contribution in [2.45, 2.75) is 13.8 Å². The lowest BCUT2D eigenvalue weighted by molar-refractivity contribution is -0.385. The zero-order chi connectivity index (χ0) is 11.4. The molecule has 0 fully saturated rings. The first kappa shape index (κ1) is 11.4. The molecule has 0 aliphatic carbocycles. The number of hydrogen-bond acceptors (Lipinski definition) is 3. The van der Waals surface area contributed by atoms with Crippen LogP contribution in [-0.4, -0.2) is 11.5 Å². The van der Waals surface area contributed by atoms with Gasteiger partial charge in [0.15, 0.2) is 0 Å². The zero-order valence-electron chi connectivity index (χ0n) is 8.86. The second-order valence-electron chi connectivity index (χ2n) is 3.50. The molecule has 0 aliphatic heterocycles. The summed E-state index contributed by atoms with van der Waals surface area (Å²) in [5, 5.41) is 10.7. The van der Waals surface area contributed by atoms with Crippen molar-refractivity contribution in [2.75, 3.05) is 6.54 Å². The van der Waals surface area contributed by atoms with Gasteiger partial charge in [-0.15, -0.1) is 0 Å². The van der Waals surface area contributed by atoms with Crippen LogP contribution in [0.4, 0.5) is 5.69 Å². The van der Waals surface area contributed by atoms with Crippen LogP contribution in [0.2, 0.25) is 0 Å². The number of nitrogens with two attached hydrogens (primary N) is 1. The molecule has 0 aliphatic rings. The van der Waals surface area contributed by atoms with Gasteiger partial charge in [-0.05, 0) is 19.4 Å². The molecule has 80 valence electrons. The van der Waals surface area contributed by atoms with Gasteiger partial charge in [0.25, 0.3) is 5.69 Å². The maximum absolute atomic E-state index is 10.7. The molecule has 0 heterocycles. The minimum absolute atomic E-state index is 0.147. The molecule has 1 aromatic carbocycles. The van der Waals surface area contributed by atoms with E-state index in [0.29, 0.717) is 12.1 Å². The molecule has 0 unspecified atom stereocenters. The van der Waals surface area contributed by atoms with Crippen LogP contribution in [0.15, 0.2) is 23.8 Å². The summed E-state index contributed by atoms with van der Waals surface area (Å²) < 4.78 is 0. The summed E-state index contributed by atoms with van der Waals surface area (Å²) in [4.78, 5) is 10.3. The molecule has 0 saturated carbocycles. The average Bonchev–Trinajstić information content (AvgIpc) is 2.20. The summed E-state index contributed by atoms with van der Waals surface area (Å²) in [6, 6.07) is 5.16. The van der Waals surface area contributed by atoms with Crippen LogP contribution in [0.25, 0.3) is 6.08 Å². The minimum atomic E-state index is -0.371. The number of rotatable bonds is 3. The van der Waals surface area contributed by atoms with E-state index in [4.69, 9.17) is 5.73 Å². The Balaban J connectivity index is 3.13. The topological polar surface area (TPSA) is 69.2 Å².